The molecule has 0 amide bonds. The zero-order chi connectivity index (χ0) is 12.2. The highest BCUT2D eigenvalue weighted by atomic mass is 16.3. The lowest BCUT2D eigenvalue weighted by Gasteiger charge is -2.56. The predicted molar refractivity (Wildman–Crippen MR) is 69.1 cm³/mol. The van der Waals surface area contributed by atoms with Crippen molar-refractivity contribution in [3.8, 4) is 0 Å². The molecule has 0 unspecified atom stereocenters. The zero-order valence-corrected chi connectivity index (χ0v) is 11.1. The van der Waals surface area contributed by atoms with Gasteiger partial charge in [-0.1, -0.05) is 0 Å². The summed E-state index contributed by atoms with van der Waals surface area (Å²) in [7, 11) is 1.98. The third-order valence-electron chi connectivity index (χ3n) is 5.52. The minimum absolute atomic E-state index is 0.369. The number of hydrogen-bond acceptors (Lipinski definition) is 3. The van der Waals surface area contributed by atoms with E-state index in [4.69, 9.17) is 4.42 Å². The molecule has 3 heteroatoms. The molecular formula is C15H22N2O. The molecule has 0 atom stereocenters. The second-order valence-corrected chi connectivity index (χ2v) is 6.85. The predicted octanol–water partition coefficient (Wildman–Crippen LogP) is 2.86. The van der Waals surface area contributed by atoms with Crippen molar-refractivity contribution in [3.63, 3.8) is 0 Å². The van der Waals surface area contributed by atoms with Crippen LogP contribution in [0, 0.1) is 17.8 Å². The van der Waals surface area contributed by atoms with E-state index >= 15 is 0 Å². The summed E-state index contributed by atoms with van der Waals surface area (Å²) in [6.07, 6.45) is 10.2. The van der Waals surface area contributed by atoms with Crippen molar-refractivity contribution in [1.82, 2.24) is 10.3 Å². The SMILES string of the molecule is CNCc1ocnc1C12CC3CC(CC(C3)C1)C2. The van der Waals surface area contributed by atoms with Crippen LogP contribution in [0.5, 0.6) is 0 Å². The summed E-state index contributed by atoms with van der Waals surface area (Å²) in [4.78, 5) is 4.62. The molecule has 4 bridgehead atoms. The van der Waals surface area contributed by atoms with Gasteiger partial charge in [-0.3, -0.25) is 0 Å². The molecule has 1 aromatic heterocycles. The first-order chi connectivity index (χ1) is 8.79. The average Bonchev–Trinajstić information content (AvgIpc) is 2.76. The molecule has 0 spiro atoms. The maximum atomic E-state index is 5.62. The summed E-state index contributed by atoms with van der Waals surface area (Å²) in [5, 5.41) is 3.21. The number of rotatable bonds is 3. The molecule has 4 fully saturated rings. The Morgan fingerprint density at radius 1 is 1.22 bits per heavy atom. The lowest BCUT2D eigenvalue weighted by Crippen LogP contribution is -2.49. The molecular weight excluding hydrogens is 224 g/mol. The molecule has 0 radical (unpaired) electrons. The Morgan fingerprint density at radius 2 is 1.83 bits per heavy atom. The van der Waals surface area contributed by atoms with Crippen LogP contribution in [0.1, 0.15) is 50.0 Å². The quantitative estimate of drug-likeness (QED) is 0.891. The average molecular weight is 246 g/mol. The van der Waals surface area contributed by atoms with Crippen LogP contribution < -0.4 is 5.32 Å². The third-order valence-corrected chi connectivity index (χ3v) is 5.52. The molecule has 0 aliphatic heterocycles. The highest BCUT2D eigenvalue weighted by Gasteiger charge is 2.53. The highest BCUT2D eigenvalue weighted by molar-refractivity contribution is 5.25. The van der Waals surface area contributed by atoms with Crippen molar-refractivity contribution < 1.29 is 4.42 Å². The molecule has 4 aliphatic carbocycles. The number of nitrogens with one attached hydrogen (secondary N) is 1. The molecule has 3 nitrogen and oxygen atoms in total. The molecule has 1 heterocycles. The van der Waals surface area contributed by atoms with Gasteiger partial charge in [-0.25, -0.2) is 4.98 Å². The number of aromatic nitrogens is 1. The van der Waals surface area contributed by atoms with Crippen molar-refractivity contribution in [2.45, 2.75) is 50.5 Å². The standard InChI is InChI=1S/C15H22N2O/c1-16-8-13-14(17-9-18-13)15-5-10-2-11(6-15)4-12(3-10)7-15/h9-12,16H,2-8H2,1H3. The first-order valence-corrected chi connectivity index (χ1v) is 7.36. The van der Waals surface area contributed by atoms with E-state index in [9.17, 15) is 0 Å². The topological polar surface area (TPSA) is 38.1 Å². The van der Waals surface area contributed by atoms with E-state index in [1.54, 1.807) is 6.39 Å². The van der Waals surface area contributed by atoms with Crippen molar-refractivity contribution in [1.29, 1.82) is 0 Å². The lowest BCUT2D eigenvalue weighted by atomic mass is 9.48. The normalized spacial score (nSPS) is 41.5. The largest absolute Gasteiger partial charge is 0.447 e. The third kappa shape index (κ3) is 1.49. The van der Waals surface area contributed by atoms with Crippen molar-refractivity contribution in [2.75, 3.05) is 7.05 Å². The second kappa shape index (κ2) is 3.83. The number of oxazole rings is 1. The van der Waals surface area contributed by atoms with E-state index < -0.39 is 0 Å². The fourth-order valence-corrected chi connectivity index (χ4v) is 5.39. The summed E-state index contributed by atoms with van der Waals surface area (Å²) < 4.78 is 5.62. The van der Waals surface area contributed by atoms with Crippen LogP contribution >= 0.6 is 0 Å². The smallest absolute Gasteiger partial charge is 0.181 e. The molecule has 0 aromatic carbocycles. The fourth-order valence-electron chi connectivity index (χ4n) is 5.39. The van der Waals surface area contributed by atoms with Gasteiger partial charge < -0.3 is 9.73 Å². The van der Waals surface area contributed by atoms with Crippen LogP contribution in [-0.2, 0) is 12.0 Å². The number of nitrogens with zero attached hydrogens (tertiary/aromatic N) is 1. The molecule has 4 aliphatic rings. The molecule has 18 heavy (non-hydrogen) atoms. The van der Waals surface area contributed by atoms with Crippen molar-refractivity contribution in [3.05, 3.63) is 17.8 Å². The molecule has 98 valence electrons. The van der Waals surface area contributed by atoms with Crippen LogP contribution in [-0.4, -0.2) is 12.0 Å². The van der Waals surface area contributed by atoms with Crippen LogP contribution in [0.4, 0.5) is 0 Å². The van der Waals surface area contributed by atoms with Gasteiger partial charge >= 0.3 is 0 Å². The molecule has 1 aromatic rings. The summed E-state index contributed by atoms with van der Waals surface area (Å²) in [6, 6.07) is 0. The minimum atomic E-state index is 0.369. The Morgan fingerprint density at radius 3 is 2.39 bits per heavy atom. The minimum Gasteiger partial charge on any atom is -0.447 e. The van der Waals surface area contributed by atoms with Gasteiger partial charge in [-0.05, 0) is 63.3 Å². The molecule has 0 saturated heterocycles. The van der Waals surface area contributed by atoms with E-state index in [2.05, 4.69) is 10.3 Å². The number of hydrogen-bond donors (Lipinski definition) is 1. The van der Waals surface area contributed by atoms with Crippen LogP contribution in [0.2, 0.25) is 0 Å². The Balaban J connectivity index is 1.72. The Kier molecular flexibility index (Phi) is 2.35. The van der Waals surface area contributed by atoms with Gasteiger partial charge in [0, 0.05) is 5.41 Å². The van der Waals surface area contributed by atoms with Gasteiger partial charge in [0.2, 0.25) is 0 Å². The molecule has 1 N–H and O–H groups in total. The van der Waals surface area contributed by atoms with E-state index in [-0.39, 0.29) is 0 Å². The van der Waals surface area contributed by atoms with Gasteiger partial charge in [0.15, 0.2) is 6.39 Å². The van der Waals surface area contributed by atoms with Gasteiger partial charge in [0.1, 0.15) is 5.76 Å². The maximum Gasteiger partial charge on any atom is 0.181 e. The Labute approximate surface area is 108 Å². The molecule has 5 rings (SSSR count). The molecule has 4 saturated carbocycles. The summed E-state index contributed by atoms with van der Waals surface area (Å²) in [5.74, 6) is 3.99. The van der Waals surface area contributed by atoms with E-state index in [0.29, 0.717) is 5.41 Å². The van der Waals surface area contributed by atoms with E-state index in [0.717, 1.165) is 30.1 Å². The zero-order valence-electron chi connectivity index (χ0n) is 11.1. The summed E-state index contributed by atoms with van der Waals surface area (Å²) >= 11 is 0. The van der Waals surface area contributed by atoms with Gasteiger partial charge in [0.05, 0.1) is 12.2 Å². The summed E-state index contributed by atoms with van der Waals surface area (Å²) in [6.45, 7) is 0.817. The van der Waals surface area contributed by atoms with Crippen LogP contribution in [0.25, 0.3) is 0 Å². The monoisotopic (exact) mass is 246 g/mol. The fraction of sp³-hybridized carbons (Fsp3) is 0.800. The van der Waals surface area contributed by atoms with Gasteiger partial charge in [-0.15, -0.1) is 0 Å². The maximum absolute atomic E-state index is 5.62. The summed E-state index contributed by atoms with van der Waals surface area (Å²) in [5.41, 5.74) is 1.66. The highest BCUT2D eigenvalue weighted by Crippen LogP contribution is 2.60. The second-order valence-electron chi connectivity index (χ2n) is 6.85. The van der Waals surface area contributed by atoms with Crippen molar-refractivity contribution in [2.24, 2.45) is 17.8 Å². The Hall–Kier alpha value is -0.830. The van der Waals surface area contributed by atoms with Crippen LogP contribution in [0.15, 0.2) is 10.8 Å². The van der Waals surface area contributed by atoms with Gasteiger partial charge in [0.25, 0.3) is 0 Å². The van der Waals surface area contributed by atoms with Crippen LogP contribution in [0.3, 0.4) is 0 Å². The Bertz CT molecular complexity index is 416. The van der Waals surface area contributed by atoms with Gasteiger partial charge in [-0.2, -0.15) is 0 Å². The van der Waals surface area contributed by atoms with E-state index in [1.807, 2.05) is 7.05 Å². The first kappa shape index (κ1) is 11.0. The van der Waals surface area contributed by atoms with Crippen molar-refractivity contribution >= 4 is 0 Å². The lowest BCUT2D eigenvalue weighted by molar-refractivity contribution is -0.00779. The first-order valence-electron chi connectivity index (χ1n) is 7.36. The van der Waals surface area contributed by atoms with E-state index in [1.165, 1.54) is 44.2 Å².